The summed E-state index contributed by atoms with van der Waals surface area (Å²) in [6.07, 6.45) is 1.15. The molecule has 0 bridgehead atoms. The van der Waals surface area contributed by atoms with Crippen LogP contribution in [0.1, 0.15) is 18.9 Å². The van der Waals surface area contributed by atoms with Crippen molar-refractivity contribution in [2.24, 2.45) is 0 Å². The van der Waals surface area contributed by atoms with E-state index in [4.69, 9.17) is 9.47 Å². The molecule has 0 unspecified atom stereocenters. The number of piperazine rings is 1. The Hall–Kier alpha value is -2.24. The highest BCUT2D eigenvalue weighted by atomic mass is 16.7. The molecule has 0 radical (unpaired) electrons. The number of amides is 2. The summed E-state index contributed by atoms with van der Waals surface area (Å²) in [5.74, 6) is 1.73. The number of carbonyl (C=O) groups is 2. The molecule has 0 atom stereocenters. The third kappa shape index (κ3) is 3.16. The second kappa shape index (κ2) is 6.25. The highest BCUT2D eigenvalue weighted by molar-refractivity contribution is 5.77. The van der Waals surface area contributed by atoms with E-state index >= 15 is 0 Å². The lowest BCUT2D eigenvalue weighted by Crippen LogP contribution is -2.50. The van der Waals surface area contributed by atoms with Gasteiger partial charge in [-0.1, -0.05) is 6.07 Å². The van der Waals surface area contributed by atoms with E-state index < -0.39 is 0 Å². The van der Waals surface area contributed by atoms with Crippen molar-refractivity contribution in [3.63, 3.8) is 0 Å². The minimum Gasteiger partial charge on any atom is -0.454 e. The molecule has 2 amide bonds. The number of nitrogens with zero attached hydrogens (tertiary/aromatic N) is 2. The van der Waals surface area contributed by atoms with Gasteiger partial charge in [0.25, 0.3) is 0 Å². The second-order valence-corrected chi connectivity index (χ2v) is 5.57. The van der Waals surface area contributed by atoms with Crippen molar-refractivity contribution in [3.05, 3.63) is 23.8 Å². The number of fused-ring (bicyclic) bond motifs is 1. The van der Waals surface area contributed by atoms with E-state index in [1.165, 1.54) is 0 Å². The fourth-order valence-corrected chi connectivity index (χ4v) is 2.78. The van der Waals surface area contributed by atoms with Crippen LogP contribution in [0, 0.1) is 0 Å². The van der Waals surface area contributed by atoms with Crippen molar-refractivity contribution in [2.75, 3.05) is 33.0 Å². The summed E-state index contributed by atoms with van der Waals surface area (Å²) >= 11 is 0. The zero-order valence-corrected chi connectivity index (χ0v) is 12.7. The van der Waals surface area contributed by atoms with Crippen LogP contribution >= 0.6 is 0 Å². The largest absolute Gasteiger partial charge is 0.454 e. The average molecular weight is 304 g/mol. The molecule has 0 N–H and O–H groups in total. The van der Waals surface area contributed by atoms with Crippen molar-refractivity contribution >= 4 is 11.8 Å². The van der Waals surface area contributed by atoms with E-state index in [0.29, 0.717) is 39.0 Å². The Morgan fingerprint density at radius 2 is 1.73 bits per heavy atom. The zero-order chi connectivity index (χ0) is 15.5. The summed E-state index contributed by atoms with van der Waals surface area (Å²) in [5.41, 5.74) is 1.07. The molecule has 2 aliphatic rings. The number of hydrogen-bond acceptors (Lipinski definition) is 4. The topological polar surface area (TPSA) is 59.1 Å². The second-order valence-electron chi connectivity index (χ2n) is 5.57. The van der Waals surface area contributed by atoms with Crippen molar-refractivity contribution in [3.8, 4) is 11.5 Å². The Bertz CT molecular complexity index is 580. The van der Waals surface area contributed by atoms with Crippen LogP contribution in [-0.4, -0.2) is 54.6 Å². The van der Waals surface area contributed by atoms with Gasteiger partial charge in [0.2, 0.25) is 18.6 Å². The van der Waals surface area contributed by atoms with E-state index in [1.807, 2.05) is 23.1 Å². The van der Waals surface area contributed by atoms with Gasteiger partial charge in [-0.05, 0) is 24.1 Å². The van der Waals surface area contributed by atoms with Crippen molar-refractivity contribution in [2.45, 2.75) is 19.8 Å². The predicted octanol–water partition coefficient (Wildman–Crippen LogP) is 1.04. The Morgan fingerprint density at radius 1 is 1.05 bits per heavy atom. The van der Waals surface area contributed by atoms with Gasteiger partial charge in [0, 0.05) is 39.5 Å². The van der Waals surface area contributed by atoms with Crippen LogP contribution in [0.5, 0.6) is 11.5 Å². The minimum absolute atomic E-state index is 0.0764. The van der Waals surface area contributed by atoms with E-state index in [0.717, 1.165) is 17.1 Å². The highest BCUT2D eigenvalue weighted by Gasteiger charge is 2.22. The highest BCUT2D eigenvalue weighted by Crippen LogP contribution is 2.32. The number of benzene rings is 1. The number of aryl methyl sites for hydroxylation is 1. The average Bonchev–Trinajstić information content (AvgIpc) is 3.00. The first-order valence-corrected chi connectivity index (χ1v) is 7.55. The maximum Gasteiger partial charge on any atom is 0.231 e. The van der Waals surface area contributed by atoms with Gasteiger partial charge in [0.05, 0.1) is 0 Å². The maximum absolute atomic E-state index is 12.2. The van der Waals surface area contributed by atoms with Crippen molar-refractivity contribution < 1.29 is 19.1 Å². The fraction of sp³-hybridized carbons (Fsp3) is 0.500. The summed E-state index contributed by atoms with van der Waals surface area (Å²) < 4.78 is 10.6. The van der Waals surface area contributed by atoms with Crippen LogP contribution < -0.4 is 9.47 Å². The normalized spacial score (nSPS) is 16.8. The summed E-state index contributed by atoms with van der Waals surface area (Å²) in [7, 11) is 0. The molecule has 2 heterocycles. The smallest absolute Gasteiger partial charge is 0.231 e. The first-order chi connectivity index (χ1) is 10.6. The van der Waals surface area contributed by atoms with Crippen LogP contribution in [0.15, 0.2) is 18.2 Å². The van der Waals surface area contributed by atoms with E-state index in [2.05, 4.69) is 0 Å². The molecule has 3 rings (SSSR count). The van der Waals surface area contributed by atoms with Crippen LogP contribution in [0.25, 0.3) is 0 Å². The van der Waals surface area contributed by atoms with Gasteiger partial charge in [-0.3, -0.25) is 9.59 Å². The van der Waals surface area contributed by atoms with E-state index in [-0.39, 0.29) is 18.6 Å². The molecule has 1 saturated heterocycles. The van der Waals surface area contributed by atoms with Gasteiger partial charge >= 0.3 is 0 Å². The molecule has 2 aliphatic heterocycles. The Morgan fingerprint density at radius 3 is 2.45 bits per heavy atom. The monoisotopic (exact) mass is 304 g/mol. The first kappa shape index (κ1) is 14.7. The molecule has 0 spiro atoms. The minimum atomic E-state index is 0.0764. The molecule has 22 heavy (non-hydrogen) atoms. The van der Waals surface area contributed by atoms with Gasteiger partial charge in [-0.25, -0.2) is 0 Å². The van der Waals surface area contributed by atoms with Gasteiger partial charge in [-0.15, -0.1) is 0 Å². The fourth-order valence-electron chi connectivity index (χ4n) is 2.78. The van der Waals surface area contributed by atoms with Crippen molar-refractivity contribution in [1.29, 1.82) is 0 Å². The molecule has 0 aliphatic carbocycles. The molecule has 0 aromatic heterocycles. The predicted molar refractivity (Wildman–Crippen MR) is 79.7 cm³/mol. The summed E-state index contributed by atoms with van der Waals surface area (Å²) in [5, 5.41) is 0. The van der Waals surface area contributed by atoms with Gasteiger partial charge in [-0.2, -0.15) is 0 Å². The molecule has 6 nitrogen and oxygen atoms in total. The van der Waals surface area contributed by atoms with Gasteiger partial charge in [0.1, 0.15) is 0 Å². The lowest BCUT2D eigenvalue weighted by molar-refractivity contribution is -0.138. The first-order valence-electron chi connectivity index (χ1n) is 7.55. The molecule has 6 heteroatoms. The van der Waals surface area contributed by atoms with E-state index in [1.54, 1.807) is 11.8 Å². The number of ether oxygens (including phenoxy) is 2. The number of rotatable bonds is 3. The summed E-state index contributed by atoms with van der Waals surface area (Å²) in [6, 6.07) is 5.78. The Kier molecular flexibility index (Phi) is 4.18. The third-order valence-corrected chi connectivity index (χ3v) is 4.14. The molecule has 1 fully saturated rings. The van der Waals surface area contributed by atoms with Gasteiger partial charge < -0.3 is 19.3 Å². The SMILES string of the molecule is CC(=O)N1CCN(C(=O)CCc2ccc3c(c2)OCO3)CC1. The zero-order valence-electron chi connectivity index (χ0n) is 12.7. The maximum atomic E-state index is 12.2. The molecular formula is C16H20N2O4. The standard InChI is InChI=1S/C16H20N2O4/c1-12(19)17-6-8-18(9-7-17)16(20)5-3-13-2-4-14-15(10-13)22-11-21-14/h2,4,10H,3,5-9,11H2,1H3. The molecular weight excluding hydrogens is 284 g/mol. The van der Waals surface area contributed by atoms with Crippen LogP contribution in [0.4, 0.5) is 0 Å². The lowest BCUT2D eigenvalue weighted by atomic mass is 10.1. The number of hydrogen-bond donors (Lipinski definition) is 0. The van der Waals surface area contributed by atoms with Crippen LogP contribution in [0.3, 0.4) is 0 Å². The van der Waals surface area contributed by atoms with Crippen LogP contribution in [-0.2, 0) is 16.0 Å². The van der Waals surface area contributed by atoms with Crippen molar-refractivity contribution in [1.82, 2.24) is 9.80 Å². The molecule has 1 aromatic carbocycles. The quantitative estimate of drug-likeness (QED) is 0.837. The molecule has 0 saturated carbocycles. The Labute approximate surface area is 129 Å². The van der Waals surface area contributed by atoms with Gasteiger partial charge in [0.15, 0.2) is 11.5 Å². The number of carbonyl (C=O) groups excluding carboxylic acids is 2. The summed E-state index contributed by atoms with van der Waals surface area (Å²) in [4.78, 5) is 27.1. The van der Waals surface area contributed by atoms with Crippen LogP contribution in [0.2, 0.25) is 0 Å². The summed E-state index contributed by atoms with van der Waals surface area (Å²) in [6.45, 7) is 4.34. The van der Waals surface area contributed by atoms with E-state index in [9.17, 15) is 9.59 Å². The molecule has 118 valence electrons. The molecule has 1 aromatic rings. The Balaban J connectivity index is 1.49. The third-order valence-electron chi connectivity index (χ3n) is 4.14. The lowest BCUT2D eigenvalue weighted by Gasteiger charge is -2.34.